The van der Waals surface area contributed by atoms with Crippen molar-refractivity contribution in [3.8, 4) is 0 Å². The van der Waals surface area contributed by atoms with Gasteiger partial charge in [-0.2, -0.15) is 0 Å². The Morgan fingerprint density at radius 1 is 1.14 bits per heavy atom. The minimum absolute atomic E-state index is 0.249. The highest BCUT2D eigenvalue weighted by molar-refractivity contribution is 6.46. The lowest BCUT2D eigenvalue weighted by molar-refractivity contribution is -0.142. The zero-order valence-corrected chi connectivity index (χ0v) is 16.2. The number of hydrogen-bond acceptors (Lipinski definition) is 4. The fourth-order valence-electron chi connectivity index (χ4n) is 2.30. The van der Waals surface area contributed by atoms with Crippen LogP contribution in [0.25, 0.3) is 0 Å². The van der Waals surface area contributed by atoms with Gasteiger partial charge >= 0.3 is 15.3 Å². The summed E-state index contributed by atoms with van der Waals surface area (Å²) in [4.78, 5) is 11.9. The van der Waals surface area contributed by atoms with E-state index in [1.54, 1.807) is 6.92 Å². The van der Waals surface area contributed by atoms with Crippen LogP contribution in [0, 0.1) is 5.92 Å². The van der Waals surface area contributed by atoms with Crippen LogP contribution in [-0.2, 0) is 18.4 Å². The Morgan fingerprint density at radius 2 is 1.73 bits per heavy atom. The lowest BCUT2D eigenvalue weighted by atomic mass is 10.0. The van der Waals surface area contributed by atoms with E-state index in [1.807, 2.05) is 13.8 Å². The predicted molar refractivity (Wildman–Crippen MR) is 93.0 cm³/mol. The summed E-state index contributed by atoms with van der Waals surface area (Å²) in [6.07, 6.45) is 5.64. The first-order chi connectivity index (χ1) is 10.5. The van der Waals surface area contributed by atoms with Crippen LogP contribution < -0.4 is 0 Å². The maximum atomic E-state index is 11.9. The van der Waals surface area contributed by atoms with Crippen molar-refractivity contribution in [2.75, 3.05) is 13.2 Å². The first kappa shape index (κ1) is 21.3. The number of ether oxygens (including phenoxy) is 1. The van der Waals surface area contributed by atoms with Crippen molar-refractivity contribution in [1.29, 1.82) is 0 Å². The van der Waals surface area contributed by atoms with Gasteiger partial charge in [-0.1, -0.05) is 46.1 Å². The second kappa shape index (κ2) is 12.8. The van der Waals surface area contributed by atoms with Crippen molar-refractivity contribution in [1.82, 2.24) is 0 Å². The third kappa shape index (κ3) is 9.38. The van der Waals surface area contributed by atoms with Crippen molar-refractivity contribution < 1.29 is 18.4 Å². The molecule has 0 aliphatic rings. The van der Waals surface area contributed by atoms with Gasteiger partial charge in [0.05, 0.1) is 0 Å². The van der Waals surface area contributed by atoms with Gasteiger partial charge in [0, 0.05) is 18.8 Å². The van der Waals surface area contributed by atoms with Gasteiger partial charge in [0.15, 0.2) is 0 Å². The van der Waals surface area contributed by atoms with Gasteiger partial charge in [-0.15, -0.1) is 0 Å². The SMILES string of the molecule is C=C(C)C(=O)OC(CC(C)CCCCC)[SiH](OCC)OCC. The van der Waals surface area contributed by atoms with E-state index in [2.05, 4.69) is 20.4 Å². The summed E-state index contributed by atoms with van der Waals surface area (Å²) in [6.45, 7) is 14.8. The molecule has 0 saturated heterocycles. The summed E-state index contributed by atoms with van der Waals surface area (Å²) >= 11 is 0. The fourth-order valence-corrected chi connectivity index (χ4v) is 4.41. The largest absolute Gasteiger partial charge is 0.457 e. The molecule has 0 aromatic rings. The van der Waals surface area contributed by atoms with Crippen molar-refractivity contribution in [3.05, 3.63) is 12.2 Å². The van der Waals surface area contributed by atoms with Crippen molar-refractivity contribution in [2.24, 2.45) is 5.92 Å². The number of unbranched alkanes of at least 4 members (excludes halogenated alkanes) is 2. The van der Waals surface area contributed by atoms with Crippen molar-refractivity contribution >= 4 is 15.3 Å². The molecule has 5 heteroatoms. The Morgan fingerprint density at radius 3 is 2.18 bits per heavy atom. The van der Waals surface area contributed by atoms with Gasteiger partial charge in [-0.3, -0.25) is 0 Å². The molecule has 0 amide bonds. The first-order valence-corrected chi connectivity index (χ1v) is 10.2. The van der Waals surface area contributed by atoms with Crippen LogP contribution in [0.2, 0.25) is 0 Å². The van der Waals surface area contributed by atoms with E-state index in [0.29, 0.717) is 24.7 Å². The average molecular weight is 331 g/mol. The van der Waals surface area contributed by atoms with E-state index in [4.69, 9.17) is 13.6 Å². The molecule has 0 rings (SSSR count). The maximum absolute atomic E-state index is 11.9. The molecule has 130 valence electrons. The second-order valence-corrected chi connectivity index (χ2v) is 7.99. The van der Waals surface area contributed by atoms with Crippen LogP contribution in [0.15, 0.2) is 12.2 Å². The van der Waals surface area contributed by atoms with E-state index in [9.17, 15) is 4.79 Å². The van der Waals surface area contributed by atoms with Crippen molar-refractivity contribution in [3.63, 3.8) is 0 Å². The molecule has 0 aliphatic heterocycles. The smallest absolute Gasteiger partial charge is 0.363 e. The molecule has 0 N–H and O–H groups in total. The van der Waals surface area contributed by atoms with Gasteiger partial charge in [0.2, 0.25) is 0 Å². The molecule has 22 heavy (non-hydrogen) atoms. The van der Waals surface area contributed by atoms with E-state index >= 15 is 0 Å². The molecule has 2 unspecified atom stereocenters. The maximum Gasteiger partial charge on any atom is 0.363 e. The summed E-state index contributed by atoms with van der Waals surface area (Å²) in [5.74, 6) is 0.146. The first-order valence-electron chi connectivity index (χ1n) is 8.55. The molecule has 0 aromatic heterocycles. The highest BCUT2D eigenvalue weighted by atomic mass is 28.3. The molecule has 0 heterocycles. The summed E-state index contributed by atoms with van der Waals surface area (Å²) in [7, 11) is -2.03. The molecular formula is C17H34O4Si. The number of rotatable bonds is 13. The van der Waals surface area contributed by atoms with Crippen LogP contribution in [0.5, 0.6) is 0 Å². The molecule has 0 aliphatic carbocycles. The average Bonchev–Trinajstić information content (AvgIpc) is 2.46. The third-order valence-corrected chi connectivity index (χ3v) is 5.85. The van der Waals surface area contributed by atoms with E-state index < -0.39 is 9.28 Å². The standard InChI is InChI=1S/C17H34O4Si/c1-7-10-11-12-15(6)13-16(21-17(18)14(4)5)22(19-8-2)20-9-3/h15-16,22H,4,7-13H2,1-3,5-6H3. The molecule has 0 aromatic carbocycles. The van der Waals surface area contributed by atoms with E-state index in [0.717, 1.165) is 12.8 Å². The molecule has 4 nitrogen and oxygen atoms in total. The van der Waals surface area contributed by atoms with Crippen LogP contribution in [0.3, 0.4) is 0 Å². The lowest BCUT2D eigenvalue weighted by Gasteiger charge is -2.27. The Kier molecular flexibility index (Phi) is 12.5. The van der Waals surface area contributed by atoms with Crippen LogP contribution in [-0.4, -0.2) is 34.2 Å². The molecule has 0 spiro atoms. The number of hydrogen-bond donors (Lipinski definition) is 0. The predicted octanol–water partition coefficient (Wildman–Crippen LogP) is 3.91. The molecule has 2 atom stereocenters. The van der Waals surface area contributed by atoms with E-state index in [-0.39, 0.29) is 11.7 Å². The van der Waals surface area contributed by atoms with Gasteiger partial charge in [-0.05, 0) is 33.1 Å². The Balaban J connectivity index is 4.73. The molecule has 0 saturated carbocycles. The Bertz CT molecular complexity index is 314. The van der Waals surface area contributed by atoms with Gasteiger partial charge in [0.25, 0.3) is 0 Å². The molecular weight excluding hydrogens is 296 g/mol. The highest BCUT2D eigenvalue weighted by Crippen LogP contribution is 2.20. The minimum atomic E-state index is -2.03. The third-order valence-electron chi connectivity index (χ3n) is 3.51. The summed E-state index contributed by atoms with van der Waals surface area (Å²) < 4.78 is 17.2. The zero-order chi connectivity index (χ0) is 17.0. The monoisotopic (exact) mass is 330 g/mol. The summed E-state index contributed by atoms with van der Waals surface area (Å²) in [5, 5.41) is 0. The minimum Gasteiger partial charge on any atom is -0.457 e. The Labute approximate surface area is 138 Å². The van der Waals surface area contributed by atoms with Gasteiger partial charge in [-0.25, -0.2) is 4.79 Å². The van der Waals surface area contributed by atoms with Crippen LogP contribution in [0.4, 0.5) is 0 Å². The van der Waals surface area contributed by atoms with Gasteiger partial charge < -0.3 is 13.6 Å². The molecule has 0 fully saturated rings. The summed E-state index contributed by atoms with van der Waals surface area (Å²) in [5.41, 5.74) is 0.171. The zero-order valence-electron chi connectivity index (χ0n) is 15.0. The molecule has 0 radical (unpaired) electrons. The number of esters is 1. The normalized spacial score (nSPS) is 13.9. The summed E-state index contributed by atoms with van der Waals surface area (Å²) in [6, 6.07) is 0. The topological polar surface area (TPSA) is 44.8 Å². The lowest BCUT2D eigenvalue weighted by Crippen LogP contribution is -2.42. The van der Waals surface area contributed by atoms with Crippen molar-refractivity contribution in [2.45, 2.75) is 72.5 Å². The van der Waals surface area contributed by atoms with Crippen LogP contribution in [0.1, 0.15) is 66.7 Å². The van der Waals surface area contributed by atoms with Gasteiger partial charge in [0.1, 0.15) is 5.73 Å². The fraction of sp³-hybridized carbons (Fsp3) is 0.824. The van der Waals surface area contributed by atoms with Crippen LogP contribution >= 0.6 is 0 Å². The quantitative estimate of drug-likeness (QED) is 0.222. The number of carbonyl (C=O) groups excluding carboxylic acids is 1. The Hall–Kier alpha value is -0.653. The molecule has 0 bridgehead atoms. The second-order valence-electron chi connectivity index (χ2n) is 5.84. The number of carbonyl (C=O) groups is 1. The van der Waals surface area contributed by atoms with E-state index in [1.165, 1.54) is 19.3 Å². The highest BCUT2D eigenvalue weighted by Gasteiger charge is 2.31.